The van der Waals surface area contributed by atoms with Gasteiger partial charge in [0.05, 0.1) is 34.9 Å². The monoisotopic (exact) mass is 419 g/mol. The first-order valence-corrected chi connectivity index (χ1v) is 9.76. The van der Waals surface area contributed by atoms with Crippen molar-refractivity contribution in [3.63, 3.8) is 0 Å². The Morgan fingerprint density at radius 2 is 1.97 bits per heavy atom. The highest BCUT2D eigenvalue weighted by atomic mass is 19.1. The lowest BCUT2D eigenvalue weighted by Gasteiger charge is -2.16. The Morgan fingerprint density at radius 3 is 2.65 bits per heavy atom. The summed E-state index contributed by atoms with van der Waals surface area (Å²) in [6.07, 6.45) is 4.50. The van der Waals surface area contributed by atoms with Crippen molar-refractivity contribution in [2.45, 2.75) is 32.3 Å². The van der Waals surface area contributed by atoms with Crippen molar-refractivity contribution in [1.29, 1.82) is 0 Å². The number of rotatable bonds is 5. The lowest BCUT2D eigenvalue weighted by atomic mass is 10.1. The molecule has 0 radical (unpaired) electrons. The number of hydrogen-bond acceptors (Lipinski definition) is 7. The fourth-order valence-electron chi connectivity index (χ4n) is 3.52. The van der Waals surface area contributed by atoms with Gasteiger partial charge in [-0.15, -0.1) is 5.10 Å². The molecule has 5 rings (SSSR count). The summed E-state index contributed by atoms with van der Waals surface area (Å²) in [6.45, 7) is 3.17. The second-order valence-corrected chi connectivity index (χ2v) is 7.49. The van der Waals surface area contributed by atoms with Gasteiger partial charge >= 0.3 is 5.97 Å². The second-order valence-electron chi connectivity index (χ2n) is 7.49. The highest BCUT2D eigenvalue weighted by molar-refractivity contribution is 5.78. The Balaban J connectivity index is 1.43. The van der Waals surface area contributed by atoms with Crippen LogP contribution in [0.3, 0.4) is 0 Å². The van der Waals surface area contributed by atoms with Crippen molar-refractivity contribution in [1.82, 2.24) is 24.8 Å². The van der Waals surface area contributed by atoms with Gasteiger partial charge < -0.3 is 9.47 Å². The van der Waals surface area contributed by atoms with Crippen molar-refractivity contribution in [2.75, 3.05) is 0 Å². The Bertz CT molecular complexity index is 1300. The van der Waals surface area contributed by atoms with E-state index < -0.39 is 17.5 Å². The number of fused-ring (bicyclic) bond motifs is 1. The van der Waals surface area contributed by atoms with E-state index in [0.717, 1.165) is 11.2 Å². The van der Waals surface area contributed by atoms with Crippen molar-refractivity contribution in [3.8, 4) is 22.9 Å². The zero-order valence-electron chi connectivity index (χ0n) is 16.9. The van der Waals surface area contributed by atoms with Crippen LogP contribution in [0.5, 0.6) is 11.6 Å². The topological polar surface area (TPSA) is 91.5 Å². The average molecular weight is 419 g/mol. The molecule has 0 amide bonds. The largest absolute Gasteiger partial charge is 0.454 e. The standard InChI is InChI=1S/C22H18FN5O3/c1-13-3-8-20(27-26-13)30-15-4-7-19-16(11-24-28(19)12-15)18-6-5-17(21(23)25-18)22(9-10-22)31-14(2)29/h3-8,11-12H,9-10H2,1-2H3. The summed E-state index contributed by atoms with van der Waals surface area (Å²) in [5.41, 5.74) is 2.07. The predicted octanol–water partition coefficient (Wildman–Crippen LogP) is 3.98. The van der Waals surface area contributed by atoms with E-state index in [1.165, 1.54) is 6.92 Å². The van der Waals surface area contributed by atoms with Gasteiger partial charge in [-0.25, -0.2) is 9.50 Å². The van der Waals surface area contributed by atoms with Gasteiger partial charge in [0.15, 0.2) is 0 Å². The van der Waals surface area contributed by atoms with Crippen molar-refractivity contribution in [2.24, 2.45) is 0 Å². The smallest absolute Gasteiger partial charge is 0.303 e. The van der Waals surface area contributed by atoms with Crippen molar-refractivity contribution >= 4 is 11.5 Å². The molecule has 1 fully saturated rings. The zero-order chi connectivity index (χ0) is 21.6. The number of nitrogens with zero attached hydrogens (tertiary/aromatic N) is 5. The minimum absolute atomic E-state index is 0.304. The van der Waals surface area contributed by atoms with Crippen LogP contribution in [0.15, 0.2) is 48.8 Å². The summed E-state index contributed by atoms with van der Waals surface area (Å²) in [5, 5.41) is 12.3. The molecule has 4 aromatic rings. The second kappa shape index (κ2) is 7.12. The number of hydrogen-bond donors (Lipinski definition) is 0. The number of ether oxygens (including phenoxy) is 2. The molecule has 0 bridgehead atoms. The van der Waals surface area contributed by atoms with E-state index in [2.05, 4.69) is 20.3 Å². The summed E-state index contributed by atoms with van der Waals surface area (Å²) in [5.74, 6) is -0.169. The van der Waals surface area contributed by atoms with Crippen molar-refractivity contribution in [3.05, 3.63) is 66.0 Å². The van der Waals surface area contributed by atoms with E-state index >= 15 is 0 Å². The Labute approximate surface area is 176 Å². The van der Waals surface area contributed by atoms with Crippen LogP contribution in [0.4, 0.5) is 4.39 Å². The molecular formula is C22H18FN5O3. The van der Waals surface area contributed by atoms with Crippen molar-refractivity contribution < 1.29 is 18.7 Å². The molecule has 8 nitrogen and oxygen atoms in total. The van der Waals surface area contributed by atoms with Crippen LogP contribution in [0, 0.1) is 12.9 Å². The lowest BCUT2D eigenvalue weighted by Crippen LogP contribution is -2.17. The molecule has 0 saturated heterocycles. The molecule has 0 spiro atoms. The van der Waals surface area contributed by atoms with Crippen LogP contribution in [-0.2, 0) is 15.1 Å². The van der Waals surface area contributed by atoms with Gasteiger partial charge in [-0.3, -0.25) is 4.79 Å². The highest BCUT2D eigenvalue weighted by Gasteiger charge is 2.50. The summed E-state index contributed by atoms with van der Waals surface area (Å²) < 4.78 is 27.5. The first-order valence-electron chi connectivity index (χ1n) is 9.76. The van der Waals surface area contributed by atoms with Gasteiger partial charge in [0.2, 0.25) is 11.8 Å². The molecular weight excluding hydrogens is 401 g/mol. The molecule has 9 heteroatoms. The first-order chi connectivity index (χ1) is 14.9. The van der Waals surface area contributed by atoms with E-state index in [1.807, 2.05) is 19.1 Å². The van der Waals surface area contributed by atoms with Gasteiger partial charge in [-0.1, -0.05) is 0 Å². The minimum atomic E-state index is -0.881. The van der Waals surface area contributed by atoms with Crippen LogP contribution in [0.25, 0.3) is 16.8 Å². The number of aryl methyl sites for hydroxylation is 1. The lowest BCUT2D eigenvalue weighted by molar-refractivity contribution is -0.149. The van der Waals surface area contributed by atoms with Gasteiger partial charge in [-0.2, -0.15) is 14.6 Å². The van der Waals surface area contributed by atoms with Crippen LogP contribution in [0.1, 0.15) is 31.0 Å². The van der Waals surface area contributed by atoms with Crippen LogP contribution >= 0.6 is 0 Å². The first kappa shape index (κ1) is 19.1. The maximum absolute atomic E-state index is 14.8. The SMILES string of the molecule is CC(=O)OC1(c2ccc(-c3cnn4cc(Oc5ccc(C)nn5)ccc34)nc2F)CC1. The van der Waals surface area contributed by atoms with Crippen LogP contribution in [0.2, 0.25) is 0 Å². The van der Waals surface area contributed by atoms with Crippen LogP contribution < -0.4 is 4.74 Å². The Morgan fingerprint density at radius 1 is 1.13 bits per heavy atom. The fraction of sp³-hybridized carbons (Fsp3) is 0.227. The third-order valence-electron chi connectivity index (χ3n) is 5.14. The van der Waals surface area contributed by atoms with E-state index in [4.69, 9.17) is 9.47 Å². The normalized spacial score (nSPS) is 14.4. The third kappa shape index (κ3) is 3.58. The zero-order valence-corrected chi connectivity index (χ0v) is 16.9. The van der Waals surface area contributed by atoms with E-state index in [9.17, 15) is 9.18 Å². The van der Waals surface area contributed by atoms with E-state index in [1.54, 1.807) is 41.2 Å². The molecule has 0 unspecified atom stereocenters. The quantitative estimate of drug-likeness (QED) is 0.357. The summed E-state index contributed by atoms with van der Waals surface area (Å²) >= 11 is 0. The molecule has 1 aliphatic carbocycles. The molecule has 0 atom stereocenters. The van der Waals surface area contributed by atoms with Gasteiger partial charge in [0, 0.05) is 18.6 Å². The predicted molar refractivity (Wildman–Crippen MR) is 108 cm³/mol. The Hall–Kier alpha value is -3.88. The third-order valence-corrected chi connectivity index (χ3v) is 5.14. The number of esters is 1. The number of aromatic nitrogens is 5. The number of carbonyl (C=O) groups is 1. The molecule has 1 saturated carbocycles. The molecule has 31 heavy (non-hydrogen) atoms. The molecule has 1 aliphatic rings. The number of halogens is 1. The van der Waals surface area contributed by atoms with Gasteiger partial charge in [-0.05, 0) is 50.1 Å². The maximum Gasteiger partial charge on any atom is 0.303 e. The van der Waals surface area contributed by atoms with Gasteiger partial charge in [0.25, 0.3) is 0 Å². The Kier molecular flexibility index (Phi) is 4.39. The molecule has 0 N–H and O–H groups in total. The fourth-order valence-corrected chi connectivity index (χ4v) is 3.52. The molecule has 0 aromatic carbocycles. The minimum Gasteiger partial charge on any atom is -0.454 e. The van der Waals surface area contributed by atoms with E-state index in [-0.39, 0.29) is 0 Å². The average Bonchev–Trinajstić information content (AvgIpc) is 3.37. The molecule has 0 aliphatic heterocycles. The number of pyridine rings is 2. The van der Waals surface area contributed by atoms with E-state index in [0.29, 0.717) is 41.3 Å². The van der Waals surface area contributed by atoms with Gasteiger partial charge in [0.1, 0.15) is 11.4 Å². The molecule has 4 aromatic heterocycles. The molecule has 4 heterocycles. The molecule has 156 valence electrons. The summed E-state index contributed by atoms with van der Waals surface area (Å²) in [6, 6.07) is 10.5. The highest BCUT2D eigenvalue weighted by Crippen LogP contribution is 2.50. The summed E-state index contributed by atoms with van der Waals surface area (Å²) in [7, 11) is 0. The number of carbonyl (C=O) groups excluding carboxylic acids is 1. The maximum atomic E-state index is 14.8. The van der Waals surface area contributed by atoms with Crippen LogP contribution in [-0.4, -0.2) is 30.8 Å². The summed E-state index contributed by atoms with van der Waals surface area (Å²) in [4.78, 5) is 15.5.